The van der Waals surface area contributed by atoms with Gasteiger partial charge in [-0.3, -0.25) is 0 Å². The van der Waals surface area contributed by atoms with Gasteiger partial charge in [-0.1, -0.05) is 104 Å². The zero-order valence-electron chi connectivity index (χ0n) is 32.4. The number of aromatic amines is 1. The summed E-state index contributed by atoms with van der Waals surface area (Å²) in [7, 11) is 0. The van der Waals surface area contributed by atoms with Crippen LogP contribution in [0.5, 0.6) is 0 Å². The molecule has 4 aliphatic rings. The van der Waals surface area contributed by atoms with Crippen molar-refractivity contribution in [2.45, 2.75) is 155 Å². The minimum absolute atomic E-state index is 0.234. The van der Waals surface area contributed by atoms with Gasteiger partial charge in [0.1, 0.15) is 0 Å². The van der Waals surface area contributed by atoms with E-state index in [1.54, 1.807) is 0 Å². The molecule has 0 amide bonds. The molecule has 4 unspecified atom stereocenters. The average molecular weight is 682 g/mol. The number of nitrogens with one attached hydrogen (secondary N) is 2. The number of ether oxygens (including phenoxy) is 2. The first-order chi connectivity index (χ1) is 24.9. The molecule has 6 heteroatoms. The molecule has 0 fully saturated rings. The fourth-order valence-electron chi connectivity index (χ4n) is 7.19. The monoisotopic (exact) mass is 682 g/mol. The lowest BCUT2D eigenvalue weighted by Crippen LogP contribution is -2.49. The molecule has 5 rings (SSSR count). The number of nitrogens with zero attached hydrogens (tertiary/aromatic N) is 2. The predicted octanol–water partition coefficient (Wildman–Crippen LogP) is 9.46. The van der Waals surface area contributed by atoms with E-state index in [1.165, 1.54) is 89.9 Å². The second kappa shape index (κ2) is 20.0. The van der Waals surface area contributed by atoms with Gasteiger partial charge in [-0.15, -0.1) is 0 Å². The highest BCUT2D eigenvalue weighted by Crippen LogP contribution is 2.38. The van der Waals surface area contributed by atoms with Gasteiger partial charge in [0, 0.05) is 37.4 Å². The number of allylic oxidation sites excluding steroid dienone is 5. The summed E-state index contributed by atoms with van der Waals surface area (Å²) in [5.41, 5.74) is 4.45. The molecule has 272 valence electrons. The topological polar surface area (TPSA) is 71.0 Å². The highest BCUT2D eigenvalue weighted by molar-refractivity contribution is 6.20. The van der Waals surface area contributed by atoms with E-state index >= 15 is 0 Å². The van der Waals surface area contributed by atoms with Gasteiger partial charge in [0.15, 0.2) is 0 Å². The molecule has 50 heavy (non-hydrogen) atoms. The molecule has 0 saturated heterocycles. The van der Waals surface area contributed by atoms with Crippen molar-refractivity contribution >= 4 is 23.6 Å². The summed E-state index contributed by atoms with van der Waals surface area (Å²) in [6.07, 6.45) is 35.5. The number of hydrogen-bond donors (Lipinski definition) is 2. The Morgan fingerprint density at radius 1 is 0.680 bits per heavy atom. The van der Waals surface area contributed by atoms with E-state index in [1.807, 2.05) is 18.2 Å². The molecule has 2 N–H and O–H groups in total. The summed E-state index contributed by atoms with van der Waals surface area (Å²) in [4.78, 5) is 13.4. The first-order valence-electron chi connectivity index (χ1n) is 20.5. The van der Waals surface area contributed by atoms with E-state index in [4.69, 9.17) is 19.5 Å². The Kier molecular flexibility index (Phi) is 14.6. The van der Waals surface area contributed by atoms with Crippen molar-refractivity contribution in [3.63, 3.8) is 0 Å². The van der Waals surface area contributed by atoms with Crippen LogP contribution < -0.4 is 16.0 Å². The lowest BCUT2D eigenvalue weighted by atomic mass is 9.86. The van der Waals surface area contributed by atoms with Crippen molar-refractivity contribution in [2.24, 2.45) is 9.98 Å². The number of unbranched alkanes of at least 4 members (excludes halogenated alkanes) is 14. The maximum atomic E-state index is 9.94. The van der Waals surface area contributed by atoms with Crippen LogP contribution in [0.25, 0.3) is 12.2 Å². The van der Waals surface area contributed by atoms with Gasteiger partial charge < -0.3 is 19.8 Å². The summed E-state index contributed by atoms with van der Waals surface area (Å²) in [6, 6.07) is 4.13. The van der Waals surface area contributed by atoms with E-state index in [9.17, 15) is 1.37 Å². The number of hydrogen-bond acceptors (Lipinski definition) is 5. The molecule has 1 aromatic rings. The number of H-pyrrole nitrogens is 1. The first kappa shape index (κ1) is 36.6. The normalized spacial score (nSPS) is 25.8. The number of fused-ring (bicyclic) bond motifs is 6. The van der Waals surface area contributed by atoms with Gasteiger partial charge in [-0.2, -0.15) is 0 Å². The number of aliphatic imine (C=N–C) groups is 2. The zero-order chi connectivity index (χ0) is 35.9. The molecule has 1 aromatic heterocycles. The van der Waals surface area contributed by atoms with Gasteiger partial charge in [-0.25, -0.2) is 9.98 Å². The van der Waals surface area contributed by atoms with Crippen LogP contribution in [-0.2, 0) is 9.47 Å². The third-order valence-electron chi connectivity index (χ3n) is 10.3. The molecule has 0 radical (unpaired) electrons. The van der Waals surface area contributed by atoms with Crippen LogP contribution in [0.1, 0.15) is 138 Å². The van der Waals surface area contributed by atoms with Crippen molar-refractivity contribution in [2.75, 3.05) is 13.2 Å². The third-order valence-corrected chi connectivity index (χ3v) is 10.3. The third kappa shape index (κ3) is 11.4. The minimum atomic E-state index is -0.839. The van der Waals surface area contributed by atoms with Gasteiger partial charge >= 0.3 is 0 Å². The first-order valence-corrected chi connectivity index (χ1v) is 20.0. The molecule has 8 bridgehead atoms. The Balaban J connectivity index is 1.37. The Labute approximate surface area is 303 Å². The summed E-state index contributed by atoms with van der Waals surface area (Å²) in [5, 5.41) is 5.83. The average Bonchev–Trinajstić information content (AvgIpc) is 3.92. The second-order valence-corrected chi connectivity index (χ2v) is 14.6. The van der Waals surface area contributed by atoms with E-state index in [0.717, 1.165) is 57.6 Å². The lowest BCUT2D eigenvalue weighted by Gasteiger charge is -2.35. The molecular formula is C44H64N4O2. The SMILES string of the molecule is [2H]C1C(C(C)OCCCCCCCCCC)=C2/C=C3/C=CC(=N3)/C=c3/cc/c([nH]3)=C/C3=NC(=C\C1(C(C)OCCCCCCCCCC)N2)/C=C3. The van der Waals surface area contributed by atoms with Gasteiger partial charge in [-0.05, 0) is 93.0 Å². The van der Waals surface area contributed by atoms with Crippen LogP contribution >= 0.6 is 0 Å². The quantitative estimate of drug-likeness (QED) is 0.120. The standard InChI is InChI=1S/C44H64N4O2/c1-5-7-9-11-13-15-17-19-27-49-34(3)42-33-44(35(4)50-28-20-18-16-14-12-10-8-6-2)32-41-26-25-39(47-41)30-37-22-21-36(45-37)29-38-23-24-40(46-38)31-43(42)48-44/h21-26,29-32,34-35,45,48H,5-20,27-28,33H2,1-4H3/b36-29-,37-30-,40-31-,41-32-/i33D. The second-order valence-electron chi connectivity index (χ2n) is 14.6. The zero-order valence-corrected chi connectivity index (χ0v) is 31.4. The summed E-state index contributed by atoms with van der Waals surface area (Å²) >= 11 is 0. The van der Waals surface area contributed by atoms with E-state index in [0.29, 0.717) is 13.2 Å². The summed E-state index contributed by atoms with van der Waals surface area (Å²) in [5.74, 6) is 0. The predicted molar refractivity (Wildman–Crippen MR) is 212 cm³/mol. The van der Waals surface area contributed by atoms with Crippen molar-refractivity contribution in [3.05, 3.63) is 82.0 Å². The van der Waals surface area contributed by atoms with Crippen LogP contribution in [0.3, 0.4) is 0 Å². The van der Waals surface area contributed by atoms with Crippen LogP contribution in [0.2, 0.25) is 0 Å². The van der Waals surface area contributed by atoms with E-state index in [2.05, 4.69) is 80.5 Å². The fraction of sp³-hybridized carbons (Fsp3) is 0.591. The largest absolute Gasteiger partial charge is 0.376 e. The molecule has 0 aliphatic carbocycles. The molecule has 0 aromatic carbocycles. The smallest absolute Gasteiger partial charge is 0.0878 e. The Bertz CT molecular complexity index is 1630. The van der Waals surface area contributed by atoms with Crippen LogP contribution in [0, 0.1) is 0 Å². The van der Waals surface area contributed by atoms with Crippen molar-refractivity contribution < 1.29 is 10.8 Å². The highest BCUT2D eigenvalue weighted by atomic mass is 16.5. The molecule has 4 aliphatic heterocycles. The van der Waals surface area contributed by atoms with Crippen LogP contribution in [0.4, 0.5) is 0 Å². The molecule has 4 atom stereocenters. The molecule has 0 spiro atoms. The number of aromatic nitrogens is 1. The van der Waals surface area contributed by atoms with Crippen LogP contribution in [-0.4, -0.2) is 47.4 Å². The Hall–Kier alpha value is -3.22. The Morgan fingerprint density at radius 3 is 1.80 bits per heavy atom. The van der Waals surface area contributed by atoms with Gasteiger partial charge in [0.25, 0.3) is 0 Å². The molecular weight excluding hydrogens is 617 g/mol. The van der Waals surface area contributed by atoms with Crippen LogP contribution in [0.15, 0.2) is 81.2 Å². The number of rotatable bonds is 22. The van der Waals surface area contributed by atoms with Gasteiger partial charge in [0.05, 0.1) is 40.6 Å². The lowest BCUT2D eigenvalue weighted by molar-refractivity contribution is 0.0163. The Morgan fingerprint density at radius 2 is 1.20 bits per heavy atom. The van der Waals surface area contributed by atoms with Crippen molar-refractivity contribution in [1.29, 1.82) is 0 Å². The minimum Gasteiger partial charge on any atom is -0.376 e. The maximum Gasteiger partial charge on any atom is 0.0878 e. The summed E-state index contributed by atoms with van der Waals surface area (Å²) < 4.78 is 23.1. The van der Waals surface area contributed by atoms with Crippen molar-refractivity contribution in [1.82, 2.24) is 10.3 Å². The summed E-state index contributed by atoms with van der Waals surface area (Å²) in [6.45, 7) is 10.1. The molecule has 5 heterocycles. The van der Waals surface area contributed by atoms with Crippen molar-refractivity contribution in [3.8, 4) is 0 Å². The van der Waals surface area contributed by atoms with E-state index in [-0.39, 0.29) is 12.2 Å². The molecule has 0 saturated carbocycles. The fourth-order valence-corrected chi connectivity index (χ4v) is 7.19. The maximum absolute atomic E-state index is 9.94. The molecule has 6 nitrogen and oxygen atoms in total. The van der Waals surface area contributed by atoms with Gasteiger partial charge in [0.2, 0.25) is 0 Å². The van der Waals surface area contributed by atoms with E-state index < -0.39 is 11.9 Å². The highest BCUT2D eigenvalue weighted by Gasteiger charge is 2.43.